The number of carbonyl (C=O) groups is 1. The van der Waals surface area contributed by atoms with E-state index >= 15 is 0 Å². The number of aliphatic carboxylic acids is 1. The Balaban J connectivity index is 2.22. The van der Waals surface area contributed by atoms with Crippen LogP contribution in [0.25, 0.3) is 6.08 Å². The Morgan fingerprint density at radius 3 is 2.39 bits per heavy atom. The summed E-state index contributed by atoms with van der Waals surface area (Å²) < 4.78 is 40.2. The lowest BCUT2D eigenvalue weighted by Crippen LogP contribution is -2.13. The second kappa shape index (κ2) is 6.62. The minimum absolute atomic E-state index is 0.00837. The van der Waals surface area contributed by atoms with Gasteiger partial charge in [-0.2, -0.15) is 0 Å². The Bertz CT molecular complexity index is 858. The molecule has 0 saturated heterocycles. The van der Waals surface area contributed by atoms with Gasteiger partial charge in [-0.3, -0.25) is 4.72 Å². The zero-order chi connectivity index (χ0) is 17.0. The van der Waals surface area contributed by atoms with E-state index in [0.29, 0.717) is 11.1 Å². The molecule has 2 rings (SSSR count). The molecule has 7 heteroatoms. The molecule has 0 atom stereocenters. The fourth-order valence-electron chi connectivity index (χ4n) is 1.80. The van der Waals surface area contributed by atoms with Gasteiger partial charge >= 0.3 is 5.97 Å². The molecule has 0 saturated carbocycles. The molecule has 0 aliphatic rings. The fraction of sp³-hybridized carbons (Fsp3) is 0.0625. The number of aryl methyl sites for hydroxylation is 1. The van der Waals surface area contributed by atoms with Gasteiger partial charge in [-0.15, -0.1) is 0 Å². The van der Waals surface area contributed by atoms with Gasteiger partial charge in [0, 0.05) is 6.08 Å². The van der Waals surface area contributed by atoms with E-state index < -0.39 is 21.8 Å². The van der Waals surface area contributed by atoms with E-state index in [2.05, 4.69) is 4.72 Å². The summed E-state index contributed by atoms with van der Waals surface area (Å²) in [6.45, 7) is 1.58. The average Bonchev–Trinajstić information content (AvgIpc) is 2.49. The molecule has 2 aromatic rings. The Morgan fingerprint density at radius 2 is 1.83 bits per heavy atom. The van der Waals surface area contributed by atoms with Gasteiger partial charge in [-0.1, -0.05) is 18.2 Å². The molecule has 0 unspecified atom stereocenters. The summed E-state index contributed by atoms with van der Waals surface area (Å²) in [5.74, 6) is -1.59. The van der Waals surface area contributed by atoms with Crippen molar-refractivity contribution in [1.82, 2.24) is 0 Å². The van der Waals surface area contributed by atoms with Crippen LogP contribution in [0.4, 0.5) is 10.1 Å². The molecule has 0 aromatic heterocycles. The number of sulfonamides is 1. The van der Waals surface area contributed by atoms with E-state index in [1.165, 1.54) is 42.5 Å². The van der Waals surface area contributed by atoms with Crippen molar-refractivity contribution in [2.75, 3.05) is 4.72 Å². The summed E-state index contributed by atoms with van der Waals surface area (Å²) in [5, 5.41) is 8.54. The van der Waals surface area contributed by atoms with E-state index in [1.807, 2.05) is 0 Å². The molecule has 0 aliphatic carbocycles. The van der Waals surface area contributed by atoms with Gasteiger partial charge in [0.2, 0.25) is 0 Å². The van der Waals surface area contributed by atoms with Crippen molar-refractivity contribution in [2.24, 2.45) is 0 Å². The lowest BCUT2D eigenvalue weighted by Gasteiger charge is -2.09. The zero-order valence-corrected chi connectivity index (χ0v) is 13.0. The topological polar surface area (TPSA) is 83.5 Å². The second-order valence-electron chi connectivity index (χ2n) is 4.81. The first-order valence-corrected chi connectivity index (χ1v) is 8.06. The smallest absolute Gasteiger partial charge is 0.328 e. The molecular formula is C16H14FNO4S. The van der Waals surface area contributed by atoms with Crippen molar-refractivity contribution in [3.8, 4) is 0 Å². The third kappa shape index (κ3) is 4.40. The normalized spacial score (nSPS) is 11.6. The molecule has 5 nitrogen and oxygen atoms in total. The van der Waals surface area contributed by atoms with Crippen molar-refractivity contribution in [3.05, 3.63) is 65.5 Å². The Morgan fingerprint density at radius 1 is 1.17 bits per heavy atom. The van der Waals surface area contributed by atoms with E-state index in [-0.39, 0.29) is 10.6 Å². The Labute approximate surface area is 133 Å². The SMILES string of the molecule is Cc1ccc(NS(=O)(=O)c2ccc(C=CC(=O)O)cc2)cc1F. The first kappa shape index (κ1) is 16.7. The van der Waals surface area contributed by atoms with Crippen LogP contribution in [-0.4, -0.2) is 19.5 Å². The van der Waals surface area contributed by atoms with Crippen LogP contribution in [0.5, 0.6) is 0 Å². The maximum Gasteiger partial charge on any atom is 0.328 e. The minimum atomic E-state index is -3.85. The largest absolute Gasteiger partial charge is 0.478 e. The standard InChI is InChI=1S/C16H14FNO4S/c1-11-2-6-13(10-15(11)17)18-23(21,22)14-7-3-12(4-8-14)5-9-16(19)20/h2-10,18H,1H3,(H,19,20). The van der Waals surface area contributed by atoms with E-state index in [1.54, 1.807) is 6.92 Å². The molecule has 2 aromatic carbocycles. The maximum atomic E-state index is 13.5. The van der Waals surface area contributed by atoms with Gasteiger partial charge < -0.3 is 5.11 Å². The first-order valence-electron chi connectivity index (χ1n) is 6.58. The summed E-state index contributed by atoms with van der Waals surface area (Å²) in [5.41, 5.74) is 1.10. The highest BCUT2D eigenvalue weighted by atomic mass is 32.2. The molecule has 0 amide bonds. The molecular weight excluding hydrogens is 321 g/mol. The molecule has 120 valence electrons. The van der Waals surface area contributed by atoms with Gasteiger partial charge in [0.25, 0.3) is 10.0 Å². The van der Waals surface area contributed by atoms with Gasteiger partial charge in [0.05, 0.1) is 10.6 Å². The number of benzene rings is 2. The predicted molar refractivity (Wildman–Crippen MR) is 85.1 cm³/mol. The monoisotopic (exact) mass is 335 g/mol. The third-order valence-electron chi connectivity index (χ3n) is 3.03. The molecule has 0 radical (unpaired) electrons. The van der Waals surface area contributed by atoms with Crippen molar-refractivity contribution in [2.45, 2.75) is 11.8 Å². The van der Waals surface area contributed by atoms with Crippen LogP contribution in [-0.2, 0) is 14.8 Å². The van der Waals surface area contributed by atoms with Crippen molar-refractivity contribution >= 4 is 27.8 Å². The maximum absolute atomic E-state index is 13.5. The summed E-state index contributed by atoms with van der Waals surface area (Å²) >= 11 is 0. The van der Waals surface area contributed by atoms with Gasteiger partial charge in [0.15, 0.2) is 0 Å². The molecule has 0 heterocycles. The lowest BCUT2D eigenvalue weighted by atomic mass is 10.2. The quantitative estimate of drug-likeness (QED) is 0.823. The first-order chi connectivity index (χ1) is 10.8. The molecule has 2 N–H and O–H groups in total. The van der Waals surface area contributed by atoms with Crippen LogP contribution < -0.4 is 4.72 Å². The highest BCUT2D eigenvalue weighted by Crippen LogP contribution is 2.19. The highest BCUT2D eigenvalue weighted by Gasteiger charge is 2.14. The summed E-state index contributed by atoms with van der Waals surface area (Å²) in [4.78, 5) is 10.4. The summed E-state index contributed by atoms with van der Waals surface area (Å²) in [6.07, 6.45) is 2.30. The lowest BCUT2D eigenvalue weighted by molar-refractivity contribution is -0.131. The van der Waals surface area contributed by atoms with Gasteiger partial charge in [-0.25, -0.2) is 17.6 Å². The predicted octanol–water partition coefficient (Wildman–Crippen LogP) is 3.03. The van der Waals surface area contributed by atoms with Crippen LogP contribution in [0.15, 0.2) is 53.4 Å². The second-order valence-corrected chi connectivity index (χ2v) is 6.49. The van der Waals surface area contributed by atoms with Gasteiger partial charge in [0.1, 0.15) is 5.82 Å². The fourth-order valence-corrected chi connectivity index (χ4v) is 2.85. The number of carboxylic acids is 1. The number of rotatable bonds is 5. The molecule has 0 bridgehead atoms. The summed E-state index contributed by atoms with van der Waals surface area (Å²) in [6, 6.07) is 9.69. The van der Waals surface area contributed by atoms with Crippen LogP contribution in [0.3, 0.4) is 0 Å². The minimum Gasteiger partial charge on any atom is -0.478 e. The number of nitrogens with one attached hydrogen (secondary N) is 1. The number of carboxylic acid groups (broad SMARTS) is 1. The highest BCUT2D eigenvalue weighted by molar-refractivity contribution is 7.92. The average molecular weight is 335 g/mol. The zero-order valence-electron chi connectivity index (χ0n) is 12.2. The molecule has 0 aliphatic heterocycles. The molecule has 0 spiro atoms. The molecule has 23 heavy (non-hydrogen) atoms. The Hall–Kier alpha value is -2.67. The van der Waals surface area contributed by atoms with Crippen molar-refractivity contribution in [3.63, 3.8) is 0 Å². The summed E-state index contributed by atoms with van der Waals surface area (Å²) in [7, 11) is -3.85. The van der Waals surface area contributed by atoms with Crippen LogP contribution in [0, 0.1) is 12.7 Å². The van der Waals surface area contributed by atoms with Gasteiger partial charge in [-0.05, 0) is 48.4 Å². The van der Waals surface area contributed by atoms with E-state index in [9.17, 15) is 17.6 Å². The van der Waals surface area contributed by atoms with Crippen LogP contribution >= 0.6 is 0 Å². The van der Waals surface area contributed by atoms with Crippen LogP contribution in [0.2, 0.25) is 0 Å². The molecule has 0 fully saturated rings. The Kier molecular flexibility index (Phi) is 4.80. The van der Waals surface area contributed by atoms with E-state index in [4.69, 9.17) is 5.11 Å². The third-order valence-corrected chi connectivity index (χ3v) is 4.43. The number of hydrogen-bond donors (Lipinski definition) is 2. The number of anilines is 1. The van der Waals surface area contributed by atoms with Crippen molar-refractivity contribution < 1.29 is 22.7 Å². The van der Waals surface area contributed by atoms with Crippen LogP contribution in [0.1, 0.15) is 11.1 Å². The van der Waals surface area contributed by atoms with E-state index in [0.717, 1.165) is 12.1 Å². The number of halogens is 1. The van der Waals surface area contributed by atoms with Crippen molar-refractivity contribution in [1.29, 1.82) is 0 Å². The number of hydrogen-bond acceptors (Lipinski definition) is 3.